The first-order valence-electron chi connectivity index (χ1n) is 13.8. The Bertz CT molecular complexity index is 1440. The molecule has 0 radical (unpaired) electrons. The average Bonchev–Trinajstić information content (AvgIpc) is 3.14. The molecule has 0 atom stereocenters. The molecular formula is C30H31F3N4O4S. The molecule has 5 rings (SSSR count). The predicted octanol–water partition coefficient (Wildman–Crippen LogP) is 6.42. The van der Waals surface area contributed by atoms with Crippen LogP contribution < -0.4 is 14.5 Å². The van der Waals surface area contributed by atoms with Crippen molar-refractivity contribution >= 4 is 40.7 Å². The second-order valence-corrected chi connectivity index (χ2v) is 12.1. The molecule has 0 aromatic heterocycles. The number of halogens is 3. The minimum Gasteiger partial charge on any atom is -0.490 e. The number of carbonyl (C=O) groups is 2. The van der Waals surface area contributed by atoms with Gasteiger partial charge in [0.15, 0.2) is 5.11 Å². The van der Waals surface area contributed by atoms with Gasteiger partial charge in [-0.3, -0.25) is 9.69 Å². The van der Waals surface area contributed by atoms with Gasteiger partial charge in [-0.2, -0.15) is 18.4 Å². The van der Waals surface area contributed by atoms with Gasteiger partial charge in [0.2, 0.25) is 0 Å². The number of likely N-dealkylation sites (tertiary alicyclic amines) is 1. The van der Waals surface area contributed by atoms with Crippen molar-refractivity contribution in [1.29, 1.82) is 5.26 Å². The van der Waals surface area contributed by atoms with Crippen LogP contribution in [0.1, 0.15) is 64.0 Å². The number of piperidine rings is 1. The molecule has 42 heavy (non-hydrogen) atoms. The number of ether oxygens (including phenoxy) is 2. The van der Waals surface area contributed by atoms with Crippen molar-refractivity contribution in [3.05, 3.63) is 53.6 Å². The maximum Gasteiger partial charge on any atom is 0.417 e. The molecule has 2 heterocycles. The lowest BCUT2D eigenvalue weighted by Crippen LogP contribution is -2.55. The molecule has 2 amide bonds. The zero-order valence-electron chi connectivity index (χ0n) is 23.5. The average molecular weight is 601 g/mol. The molecule has 2 aromatic carbocycles. The summed E-state index contributed by atoms with van der Waals surface area (Å²) in [5.74, 6) is 0.237. The topological polar surface area (TPSA) is 86.1 Å². The van der Waals surface area contributed by atoms with Crippen molar-refractivity contribution in [2.45, 2.75) is 76.3 Å². The van der Waals surface area contributed by atoms with Gasteiger partial charge in [-0.25, -0.2) is 4.79 Å². The van der Waals surface area contributed by atoms with E-state index in [2.05, 4.69) is 0 Å². The number of benzene rings is 2. The van der Waals surface area contributed by atoms with Crippen LogP contribution in [0.25, 0.3) is 0 Å². The lowest BCUT2D eigenvalue weighted by atomic mass is 9.75. The van der Waals surface area contributed by atoms with Crippen LogP contribution >= 0.6 is 12.2 Å². The Balaban J connectivity index is 1.31. The summed E-state index contributed by atoms with van der Waals surface area (Å²) in [7, 11) is 0. The SMILES string of the molecule is CC(C)(C)OC(=O)N1CCC(Oc2ccc(N3C(=S)N(c4ccc(C#N)c(C(F)(F)F)c4)C(=O)C34CCC4)cc2)CC1. The fraction of sp³-hybridized carbons (Fsp3) is 0.467. The summed E-state index contributed by atoms with van der Waals surface area (Å²) in [6.07, 6.45) is -2.08. The molecule has 0 unspecified atom stereocenters. The van der Waals surface area contributed by atoms with Crippen molar-refractivity contribution in [2.24, 2.45) is 0 Å². The number of hydrogen-bond donors (Lipinski definition) is 0. The van der Waals surface area contributed by atoms with E-state index in [0.29, 0.717) is 50.2 Å². The summed E-state index contributed by atoms with van der Waals surface area (Å²) < 4.78 is 52.6. The molecule has 12 heteroatoms. The number of nitrogens with zero attached hydrogens (tertiary/aromatic N) is 4. The summed E-state index contributed by atoms with van der Waals surface area (Å²) in [4.78, 5) is 30.6. The molecule has 3 fully saturated rings. The van der Waals surface area contributed by atoms with Gasteiger partial charge in [0, 0.05) is 31.6 Å². The quantitative estimate of drug-likeness (QED) is 0.375. The van der Waals surface area contributed by atoms with E-state index in [1.54, 1.807) is 40.1 Å². The number of rotatable bonds is 4. The van der Waals surface area contributed by atoms with E-state index in [4.69, 9.17) is 27.0 Å². The molecule has 2 aromatic rings. The van der Waals surface area contributed by atoms with Crippen LogP contribution in [0.5, 0.6) is 5.75 Å². The monoisotopic (exact) mass is 600 g/mol. The number of amides is 2. The molecule has 1 saturated carbocycles. The molecule has 0 N–H and O–H groups in total. The second kappa shape index (κ2) is 10.8. The lowest BCUT2D eigenvalue weighted by Gasteiger charge is -2.43. The third-order valence-electron chi connectivity index (χ3n) is 7.77. The predicted molar refractivity (Wildman–Crippen MR) is 153 cm³/mol. The Morgan fingerprint density at radius 1 is 1.05 bits per heavy atom. The molecular weight excluding hydrogens is 569 g/mol. The number of nitriles is 1. The summed E-state index contributed by atoms with van der Waals surface area (Å²) in [6, 6.07) is 11.9. The summed E-state index contributed by atoms with van der Waals surface area (Å²) in [5, 5.41) is 9.25. The van der Waals surface area contributed by atoms with Gasteiger partial charge in [0.05, 0.1) is 22.9 Å². The maximum absolute atomic E-state index is 13.7. The van der Waals surface area contributed by atoms with Crippen LogP contribution in [0.15, 0.2) is 42.5 Å². The highest BCUT2D eigenvalue weighted by Crippen LogP contribution is 2.48. The molecule has 1 aliphatic carbocycles. The number of carbonyl (C=O) groups excluding carboxylic acids is 2. The van der Waals surface area contributed by atoms with E-state index in [1.165, 1.54) is 6.07 Å². The van der Waals surface area contributed by atoms with Crippen LogP contribution in [-0.4, -0.2) is 52.3 Å². The minimum absolute atomic E-state index is 0.0252. The van der Waals surface area contributed by atoms with Gasteiger partial charge >= 0.3 is 12.3 Å². The molecule has 0 bridgehead atoms. The zero-order valence-corrected chi connectivity index (χ0v) is 24.3. The number of hydrogen-bond acceptors (Lipinski definition) is 6. The zero-order chi connectivity index (χ0) is 30.4. The van der Waals surface area contributed by atoms with Gasteiger partial charge in [0.1, 0.15) is 23.0 Å². The van der Waals surface area contributed by atoms with Crippen molar-refractivity contribution < 1.29 is 32.2 Å². The minimum atomic E-state index is -4.76. The second-order valence-electron chi connectivity index (χ2n) is 11.8. The van der Waals surface area contributed by atoms with Gasteiger partial charge in [-0.05, 0) is 94.7 Å². The van der Waals surface area contributed by atoms with E-state index >= 15 is 0 Å². The van der Waals surface area contributed by atoms with E-state index in [0.717, 1.165) is 23.5 Å². The van der Waals surface area contributed by atoms with Crippen LogP contribution in [0, 0.1) is 11.3 Å². The van der Waals surface area contributed by atoms with Gasteiger partial charge in [-0.1, -0.05) is 0 Å². The highest BCUT2D eigenvalue weighted by atomic mass is 32.1. The number of alkyl halides is 3. The Morgan fingerprint density at radius 2 is 1.67 bits per heavy atom. The Morgan fingerprint density at radius 3 is 2.19 bits per heavy atom. The van der Waals surface area contributed by atoms with Gasteiger partial charge in [0.25, 0.3) is 5.91 Å². The van der Waals surface area contributed by atoms with Crippen molar-refractivity contribution in [3.8, 4) is 11.8 Å². The molecule has 2 saturated heterocycles. The fourth-order valence-electron chi connectivity index (χ4n) is 5.56. The maximum atomic E-state index is 13.7. The molecule has 2 aliphatic heterocycles. The molecule has 8 nitrogen and oxygen atoms in total. The van der Waals surface area contributed by atoms with Crippen molar-refractivity contribution in [3.63, 3.8) is 0 Å². The summed E-state index contributed by atoms with van der Waals surface area (Å²) in [6.45, 7) is 6.53. The van der Waals surface area contributed by atoms with Crippen LogP contribution in [-0.2, 0) is 15.7 Å². The first-order chi connectivity index (χ1) is 19.7. The fourth-order valence-corrected chi connectivity index (χ4v) is 6.03. The van der Waals surface area contributed by atoms with E-state index in [1.807, 2.05) is 20.8 Å². The third-order valence-corrected chi connectivity index (χ3v) is 8.14. The number of anilines is 2. The molecule has 3 aliphatic rings. The van der Waals surface area contributed by atoms with Crippen LogP contribution in [0.4, 0.5) is 29.3 Å². The standard InChI is InChI=1S/C30H31F3N4O4S/c1-28(2,3)41-27(39)35-15-11-23(12-16-35)40-22-9-7-20(8-10-22)37-26(42)36(25(38)29(37)13-4-14-29)21-6-5-19(18-34)24(17-21)30(31,32)33/h5-10,17,23H,4,11-16H2,1-3H3. The normalized spacial score (nSPS) is 19.1. The van der Waals surface area contributed by atoms with Gasteiger partial charge < -0.3 is 19.3 Å². The molecule has 222 valence electrons. The van der Waals surface area contributed by atoms with E-state index < -0.39 is 28.4 Å². The Kier molecular flexibility index (Phi) is 7.60. The number of thiocarbonyl (C=S) groups is 1. The third kappa shape index (κ3) is 5.50. The molecule has 1 spiro atoms. The first kappa shape index (κ1) is 29.6. The lowest BCUT2D eigenvalue weighted by molar-refractivity contribution is -0.137. The van der Waals surface area contributed by atoms with Gasteiger partial charge in [-0.15, -0.1) is 0 Å². The van der Waals surface area contributed by atoms with E-state index in [9.17, 15) is 22.8 Å². The van der Waals surface area contributed by atoms with Crippen molar-refractivity contribution in [1.82, 2.24) is 4.90 Å². The highest BCUT2D eigenvalue weighted by molar-refractivity contribution is 7.81. The van der Waals surface area contributed by atoms with Crippen LogP contribution in [0.2, 0.25) is 0 Å². The largest absolute Gasteiger partial charge is 0.490 e. The first-order valence-corrected chi connectivity index (χ1v) is 14.2. The van der Waals surface area contributed by atoms with E-state index in [-0.39, 0.29) is 28.9 Å². The summed E-state index contributed by atoms with van der Waals surface area (Å²) in [5.41, 5.74) is -2.56. The van der Waals surface area contributed by atoms with Crippen molar-refractivity contribution in [2.75, 3.05) is 22.9 Å². The Labute approximate surface area is 247 Å². The Hall–Kier alpha value is -3.85. The smallest absolute Gasteiger partial charge is 0.417 e. The summed E-state index contributed by atoms with van der Waals surface area (Å²) >= 11 is 5.69. The highest BCUT2D eigenvalue weighted by Gasteiger charge is 2.59. The van der Waals surface area contributed by atoms with Crippen LogP contribution in [0.3, 0.4) is 0 Å².